The Morgan fingerprint density at radius 1 is 1.13 bits per heavy atom. The fourth-order valence-electron chi connectivity index (χ4n) is 3.08. The summed E-state index contributed by atoms with van der Waals surface area (Å²) in [5, 5.41) is 8.98. The Kier molecular flexibility index (Phi) is 4.46. The highest BCUT2D eigenvalue weighted by atomic mass is 16.4. The summed E-state index contributed by atoms with van der Waals surface area (Å²) in [5.41, 5.74) is 1.10. The zero-order chi connectivity index (χ0) is 16.2. The van der Waals surface area contributed by atoms with E-state index in [4.69, 9.17) is 9.52 Å². The highest BCUT2D eigenvalue weighted by Crippen LogP contribution is 2.31. The van der Waals surface area contributed by atoms with E-state index >= 15 is 0 Å². The minimum absolute atomic E-state index is 0.000525. The van der Waals surface area contributed by atoms with Crippen molar-refractivity contribution in [2.45, 2.75) is 31.7 Å². The van der Waals surface area contributed by atoms with E-state index in [0.717, 1.165) is 37.5 Å². The number of aromatic carboxylic acids is 1. The summed E-state index contributed by atoms with van der Waals surface area (Å²) in [7, 11) is 0. The molecule has 5 nitrogen and oxygen atoms in total. The number of carbonyl (C=O) groups excluding carboxylic acids is 1. The standard InChI is InChI=1S/C18H19NO4/c20-17(16-11-14(12-23-16)18(21)22)19-10-6-2-5-9-15(19)13-7-3-1-4-8-13/h1,3-4,7-8,11-12,15H,2,5-6,9-10H2,(H,21,22). The number of likely N-dealkylation sites (tertiary alicyclic amines) is 1. The Labute approximate surface area is 134 Å². The summed E-state index contributed by atoms with van der Waals surface area (Å²) in [6.45, 7) is 0.654. The van der Waals surface area contributed by atoms with Gasteiger partial charge in [0.25, 0.3) is 5.91 Å². The molecule has 120 valence electrons. The number of carboxylic acids is 1. The molecular formula is C18H19NO4. The molecule has 1 aliphatic rings. The van der Waals surface area contributed by atoms with E-state index in [-0.39, 0.29) is 23.3 Å². The van der Waals surface area contributed by atoms with Gasteiger partial charge in [0.2, 0.25) is 0 Å². The van der Waals surface area contributed by atoms with Gasteiger partial charge in [0.05, 0.1) is 11.6 Å². The van der Waals surface area contributed by atoms with Crippen LogP contribution in [0.15, 0.2) is 47.1 Å². The van der Waals surface area contributed by atoms with Crippen LogP contribution in [0.2, 0.25) is 0 Å². The van der Waals surface area contributed by atoms with Gasteiger partial charge < -0.3 is 14.4 Å². The average molecular weight is 313 g/mol. The third-order valence-corrected chi connectivity index (χ3v) is 4.26. The zero-order valence-corrected chi connectivity index (χ0v) is 12.8. The molecule has 1 aromatic heterocycles. The van der Waals surface area contributed by atoms with E-state index in [2.05, 4.69) is 0 Å². The number of amides is 1. The van der Waals surface area contributed by atoms with Crippen LogP contribution in [0.4, 0.5) is 0 Å². The number of hydrogen-bond acceptors (Lipinski definition) is 3. The molecule has 0 spiro atoms. The molecule has 2 aromatic rings. The molecule has 1 aliphatic heterocycles. The summed E-state index contributed by atoms with van der Waals surface area (Å²) in [4.78, 5) is 25.6. The van der Waals surface area contributed by atoms with Gasteiger partial charge in [0.1, 0.15) is 6.26 Å². The molecule has 3 rings (SSSR count). The van der Waals surface area contributed by atoms with Crippen molar-refractivity contribution in [3.63, 3.8) is 0 Å². The highest BCUT2D eigenvalue weighted by Gasteiger charge is 2.29. The average Bonchev–Trinajstić information content (AvgIpc) is 2.94. The molecule has 0 aliphatic carbocycles. The van der Waals surface area contributed by atoms with Crippen LogP contribution in [-0.2, 0) is 0 Å². The van der Waals surface area contributed by atoms with Crippen molar-refractivity contribution < 1.29 is 19.1 Å². The second-order valence-electron chi connectivity index (χ2n) is 5.78. The Morgan fingerprint density at radius 2 is 1.91 bits per heavy atom. The van der Waals surface area contributed by atoms with Crippen LogP contribution < -0.4 is 0 Å². The van der Waals surface area contributed by atoms with Crippen LogP contribution in [0.3, 0.4) is 0 Å². The normalized spacial score (nSPS) is 18.4. The minimum atomic E-state index is -1.09. The third kappa shape index (κ3) is 3.28. The lowest BCUT2D eigenvalue weighted by Gasteiger charge is -2.29. The van der Waals surface area contributed by atoms with E-state index in [1.54, 1.807) is 0 Å². The lowest BCUT2D eigenvalue weighted by molar-refractivity contribution is 0.0646. The van der Waals surface area contributed by atoms with E-state index < -0.39 is 5.97 Å². The van der Waals surface area contributed by atoms with Crippen molar-refractivity contribution in [3.05, 3.63) is 59.5 Å². The van der Waals surface area contributed by atoms with Crippen LogP contribution in [0.1, 0.15) is 58.2 Å². The second-order valence-corrected chi connectivity index (χ2v) is 5.78. The molecule has 23 heavy (non-hydrogen) atoms. The van der Waals surface area contributed by atoms with Gasteiger partial charge in [-0.15, -0.1) is 0 Å². The maximum atomic E-state index is 12.8. The lowest BCUT2D eigenvalue weighted by Crippen LogP contribution is -2.34. The molecule has 1 aromatic carbocycles. The fourth-order valence-corrected chi connectivity index (χ4v) is 3.08. The molecule has 1 atom stereocenters. The number of carboxylic acid groups (broad SMARTS) is 1. The Bertz CT molecular complexity index is 692. The summed E-state index contributed by atoms with van der Waals surface area (Å²) in [5.74, 6) is -1.25. The summed E-state index contributed by atoms with van der Waals surface area (Å²) < 4.78 is 5.19. The zero-order valence-electron chi connectivity index (χ0n) is 12.8. The van der Waals surface area contributed by atoms with Gasteiger partial charge >= 0.3 is 5.97 Å². The SMILES string of the molecule is O=C(O)c1coc(C(=O)N2CCCCCC2c2ccccc2)c1. The maximum Gasteiger partial charge on any atom is 0.338 e. The molecule has 0 saturated carbocycles. The minimum Gasteiger partial charge on any atom is -0.478 e. The van der Waals surface area contributed by atoms with E-state index in [1.807, 2.05) is 35.2 Å². The van der Waals surface area contributed by atoms with Gasteiger partial charge in [0.15, 0.2) is 5.76 Å². The first-order chi connectivity index (χ1) is 11.2. The predicted molar refractivity (Wildman–Crippen MR) is 84.4 cm³/mol. The Hall–Kier alpha value is -2.56. The predicted octanol–water partition coefficient (Wildman–Crippen LogP) is 3.74. The maximum absolute atomic E-state index is 12.8. The second kappa shape index (κ2) is 6.69. The van der Waals surface area contributed by atoms with Crippen molar-refractivity contribution in [1.29, 1.82) is 0 Å². The molecule has 5 heteroatoms. The number of furan rings is 1. The largest absolute Gasteiger partial charge is 0.478 e. The molecule has 1 N–H and O–H groups in total. The first-order valence-electron chi connectivity index (χ1n) is 7.84. The third-order valence-electron chi connectivity index (χ3n) is 4.26. The summed E-state index contributed by atoms with van der Waals surface area (Å²) in [6, 6.07) is 11.3. The van der Waals surface area contributed by atoms with Crippen LogP contribution in [-0.4, -0.2) is 28.4 Å². The van der Waals surface area contributed by atoms with Gasteiger partial charge in [-0.05, 0) is 18.4 Å². The first kappa shape index (κ1) is 15.3. The molecule has 0 bridgehead atoms. The van der Waals surface area contributed by atoms with Gasteiger partial charge in [-0.1, -0.05) is 43.2 Å². The smallest absolute Gasteiger partial charge is 0.338 e. The Morgan fingerprint density at radius 3 is 2.61 bits per heavy atom. The van der Waals surface area contributed by atoms with Gasteiger partial charge in [-0.3, -0.25) is 4.79 Å². The molecule has 0 radical (unpaired) electrons. The Balaban J connectivity index is 1.89. The van der Waals surface area contributed by atoms with Crippen LogP contribution >= 0.6 is 0 Å². The lowest BCUT2D eigenvalue weighted by atomic mass is 10.0. The van der Waals surface area contributed by atoms with Crippen molar-refractivity contribution in [3.8, 4) is 0 Å². The van der Waals surface area contributed by atoms with Crippen molar-refractivity contribution in [1.82, 2.24) is 4.90 Å². The van der Waals surface area contributed by atoms with Crippen LogP contribution in [0.5, 0.6) is 0 Å². The number of rotatable bonds is 3. The molecule has 1 fully saturated rings. The molecule has 1 saturated heterocycles. The fraction of sp³-hybridized carbons (Fsp3) is 0.333. The first-order valence-corrected chi connectivity index (χ1v) is 7.84. The van der Waals surface area contributed by atoms with Crippen molar-refractivity contribution in [2.75, 3.05) is 6.54 Å². The van der Waals surface area contributed by atoms with Gasteiger partial charge in [-0.2, -0.15) is 0 Å². The molecular weight excluding hydrogens is 294 g/mol. The van der Waals surface area contributed by atoms with Crippen molar-refractivity contribution >= 4 is 11.9 Å². The topological polar surface area (TPSA) is 70.7 Å². The number of benzene rings is 1. The van der Waals surface area contributed by atoms with Gasteiger partial charge in [0, 0.05) is 12.6 Å². The quantitative estimate of drug-likeness (QED) is 0.937. The number of nitrogens with zero attached hydrogens (tertiary/aromatic N) is 1. The van der Waals surface area contributed by atoms with Crippen molar-refractivity contribution in [2.24, 2.45) is 0 Å². The number of carbonyl (C=O) groups is 2. The molecule has 1 amide bonds. The van der Waals surface area contributed by atoms with Crippen LogP contribution in [0, 0.1) is 0 Å². The summed E-state index contributed by atoms with van der Waals surface area (Å²) in [6.07, 6.45) is 5.13. The van der Waals surface area contributed by atoms with E-state index in [0.29, 0.717) is 6.54 Å². The number of hydrogen-bond donors (Lipinski definition) is 1. The summed E-state index contributed by atoms with van der Waals surface area (Å²) >= 11 is 0. The highest BCUT2D eigenvalue weighted by molar-refractivity contribution is 5.95. The molecule has 2 heterocycles. The van der Waals surface area contributed by atoms with Crippen LogP contribution in [0.25, 0.3) is 0 Å². The molecule has 1 unspecified atom stereocenters. The van der Waals surface area contributed by atoms with E-state index in [1.165, 1.54) is 6.07 Å². The van der Waals surface area contributed by atoms with E-state index in [9.17, 15) is 9.59 Å². The van der Waals surface area contributed by atoms with Gasteiger partial charge in [-0.25, -0.2) is 4.79 Å². The monoisotopic (exact) mass is 313 g/mol.